The number of ether oxygens (including phenoxy) is 2. The van der Waals surface area contributed by atoms with E-state index in [1.54, 1.807) is 6.07 Å². The third kappa shape index (κ3) is 5.04. The Kier molecular flexibility index (Phi) is 6.64. The number of nitro groups is 1. The zero-order chi connectivity index (χ0) is 22.8. The van der Waals surface area contributed by atoms with Crippen LogP contribution in [0.4, 0.5) is 10.7 Å². The molecule has 1 aromatic heterocycles. The van der Waals surface area contributed by atoms with Crippen molar-refractivity contribution in [2.75, 3.05) is 19.0 Å². The van der Waals surface area contributed by atoms with Gasteiger partial charge in [-0.05, 0) is 42.2 Å². The minimum Gasteiger partial charge on any atom is -0.477 e. The summed E-state index contributed by atoms with van der Waals surface area (Å²) in [5.41, 5.74) is 1.26. The van der Waals surface area contributed by atoms with Crippen molar-refractivity contribution in [3.63, 3.8) is 0 Å². The Bertz CT molecular complexity index is 1010. The van der Waals surface area contributed by atoms with Crippen LogP contribution >= 0.6 is 11.3 Å². The van der Waals surface area contributed by atoms with E-state index in [9.17, 15) is 19.7 Å². The number of para-hydroxylation sites is 2. The van der Waals surface area contributed by atoms with Crippen molar-refractivity contribution in [1.29, 1.82) is 0 Å². The second kappa shape index (κ2) is 9.05. The second-order valence-corrected chi connectivity index (χ2v) is 9.67. The van der Waals surface area contributed by atoms with Crippen LogP contribution in [-0.4, -0.2) is 30.5 Å². The minimum atomic E-state index is -0.568. The lowest BCUT2D eigenvalue weighted by molar-refractivity contribution is -0.385. The summed E-state index contributed by atoms with van der Waals surface area (Å²) in [4.78, 5) is 36.6. The summed E-state index contributed by atoms with van der Waals surface area (Å²) in [5, 5.41) is 14.3. The van der Waals surface area contributed by atoms with Crippen LogP contribution in [-0.2, 0) is 22.4 Å². The fourth-order valence-corrected chi connectivity index (χ4v) is 5.10. The largest absolute Gasteiger partial charge is 0.477 e. The van der Waals surface area contributed by atoms with Gasteiger partial charge in [-0.3, -0.25) is 14.9 Å². The van der Waals surface area contributed by atoms with Crippen molar-refractivity contribution in [3.8, 4) is 5.75 Å². The van der Waals surface area contributed by atoms with Gasteiger partial charge in [0.1, 0.15) is 5.00 Å². The van der Waals surface area contributed by atoms with Crippen molar-refractivity contribution in [2.45, 2.75) is 40.0 Å². The van der Waals surface area contributed by atoms with Crippen molar-refractivity contribution < 1.29 is 24.0 Å². The van der Waals surface area contributed by atoms with Gasteiger partial charge in [0.25, 0.3) is 5.91 Å². The van der Waals surface area contributed by atoms with Crippen LogP contribution in [0.1, 0.15) is 48.0 Å². The van der Waals surface area contributed by atoms with Crippen LogP contribution in [0.5, 0.6) is 5.75 Å². The number of thiophene rings is 1. The van der Waals surface area contributed by atoms with Crippen LogP contribution in [0.3, 0.4) is 0 Å². The number of amides is 1. The van der Waals surface area contributed by atoms with E-state index in [1.165, 1.54) is 36.6 Å². The molecule has 31 heavy (non-hydrogen) atoms. The lowest BCUT2D eigenvalue weighted by Crippen LogP contribution is -2.26. The smallest absolute Gasteiger partial charge is 0.341 e. The molecule has 2 aromatic rings. The maximum absolute atomic E-state index is 12.5. The Labute approximate surface area is 184 Å². The molecule has 1 aliphatic carbocycles. The van der Waals surface area contributed by atoms with Crippen LogP contribution in [0.15, 0.2) is 24.3 Å². The number of nitrogens with zero attached hydrogens (tertiary/aromatic N) is 1. The molecule has 1 amide bonds. The molecule has 1 heterocycles. The Hall–Kier alpha value is -2.94. The predicted octanol–water partition coefficient (Wildman–Crippen LogP) is 4.61. The molecule has 1 aliphatic rings. The molecule has 0 saturated heterocycles. The van der Waals surface area contributed by atoms with E-state index in [-0.39, 0.29) is 16.9 Å². The SMILES string of the molecule is COC(=O)c1c(NC(=O)COc2ccccc2[N+](=O)[O-])sc2c1CC[C@H](C(C)(C)C)C2. The third-order valence-electron chi connectivity index (χ3n) is 5.55. The average Bonchev–Trinajstić information content (AvgIpc) is 3.08. The fraction of sp³-hybridized carbons (Fsp3) is 0.455. The number of hydrogen-bond donors (Lipinski definition) is 1. The number of methoxy groups -OCH3 is 1. The summed E-state index contributed by atoms with van der Waals surface area (Å²) in [6, 6.07) is 5.85. The maximum Gasteiger partial charge on any atom is 0.341 e. The molecule has 0 bridgehead atoms. The Morgan fingerprint density at radius 2 is 2.00 bits per heavy atom. The number of esters is 1. The highest BCUT2D eigenvalue weighted by Gasteiger charge is 2.34. The van der Waals surface area contributed by atoms with E-state index in [2.05, 4.69) is 26.1 Å². The summed E-state index contributed by atoms with van der Waals surface area (Å²) >= 11 is 1.39. The molecule has 1 aromatic carbocycles. The first-order valence-electron chi connectivity index (χ1n) is 10.0. The highest BCUT2D eigenvalue weighted by atomic mass is 32.1. The molecule has 0 fully saturated rings. The van der Waals surface area contributed by atoms with Crippen LogP contribution in [0, 0.1) is 21.4 Å². The third-order valence-corrected chi connectivity index (χ3v) is 6.72. The van der Waals surface area contributed by atoms with Gasteiger partial charge in [-0.2, -0.15) is 0 Å². The molecule has 1 atom stereocenters. The molecule has 0 saturated carbocycles. The number of benzene rings is 1. The highest BCUT2D eigenvalue weighted by Crippen LogP contribution is 2.44. The van der Waals surface area contributed by atoms with Gasteiger partial charge in [0, 0.05) is 10.9 Å². The van der Waals surface area contributed by atoms with Crippen LogP contribution in [0.2, 0.25) is 0 Å². The molecule has 0 radical (unpaired) electrons. The zero-order valence-corrected chi connectivity index (χ0v) is 18.8. The Morgan fingerprint density at radius 1 is 1.29 bits per heavy atom. The first kappa shape index (κ1) is 22.7. The average molecular weight is 447 g/mol. The normalized spacial score (nSPS) is 15.7. The molecular formula is C22H26N2O6S. The van der Waals surface area contributed by atoms with Gasteiger partial charge in [0.05, 0.1) is 17.6 Å². The summed E-state index contributed by atoms with van der Waals surface area (Å²) < 4.78 is 10.3. The van der Waals surface area contributed by atoms with Crippen LogP contribution in [0.25, 0.3) is 0 Å². The van der Waals surface area contributed by atoms with E-state index in [0.29, 0.717) is 16.5 Å². The topological polar surface area (TPSA) is 108 Å². The van der Waals surface area contributed by atoms with E-state index in [0.717, 1.165) is 29.7 Å². The molecule has 0 aliphatic heterocycles. The van der Waals surface area contributed by atoms with E-state index >= 15 is 0 Å². The predicted molar refractivity (Wildman–Crippen MR) is 118 cm³/mol. The Balaban J connectivity index is 1.78. The summed E-state index contributed by atoms with van der Waals surface area (Å²) in [5.74, 6) is -0.500. The zero-order valence-electron chi connectivity index (χ0n) is 18.0. The molecule has 8 nitrogen and oxygen atoms in total. The number of nitro benzene ring substituents is 1. The van der Waals surface area contributed by atoms with E-state index < -0.39 is 23.4 Å². The molecular weight excluding hydrogens is 420 g/mol. The fourth-order valence-electron chi connectivity index (χ4n) is 3.77. The second-order valence-electron chi connectivity index (χ2n) is 8.57. The highest BCUT2D eigenvalue weighted by molar-refractivity contribution is 7.17. The quantitative estimate of drug-likeness (QED) is 0.394. The van der Waals surface area contributed by atoms with Gasteiger partial charge in [-0.1, -0.05) is 32.9 Å². The lowest BCUT2D eigenvalue weighted by Gasteiger charge is -2.33. The summed E-state index contributed by atoms with van der Waals surface area (Å²) in [6.45, 7) is 6.21. The van der Waals surface area contributed by atoms with Gasteiger partial charge < -0.3 is 14.8 Å². The standard InChI is InChI=1S/C22H26N2O6S/c1-22(2,3)13-9-10-14-17(11-13)31-20(19(14)21(26)29-4)23-18(25)12-30-16-8-6-5-7-15(16)24(27)28/h5-8,13H,9-12H2,1-4H3,(H,23,25)/t13-/m0/s1. The molecule has 9 heteroatoms. The van der Waals surface area contributed by atoms with Crippen molar-refractivity contribution in [3.05, 3.63) is 50.4 Å². The van der Waals surface area contributed by atoms with Crippen molar-refractivity contribution in [2.24, 2.45) is 11.3 Å². The first-order chi connectivity index (χ1) is 14.6. The Morgan fingerprint density at radius 3 is 2.65 bits per heavy atom. The van der Waals surface area contributed by atoms with Gasteiger partial charge >= 0.3 is 11.7 Å². The van der Waals surface area contributed by atoms with Crippen molar-refractivity contribution in [1.82, 2.24) is 0 Å². The molecule has 1 N–H and O–H groups in total. The minimum absolute atomic E-state index is 0.00864. The van der Waals surface area contributed by atoms with Crippen LogP contribution < -0.4 is 10.1 Å². The monoisotopic (exact) mass is 446 g/mol. The van der Waals surface area contributed by atoms with E-state index in [1.807, 2.05) is 0 Å². The van der Waals surface area contributed by atoms with Gasteiger partial charge in [-0.25, -0.2) is 4.79 Å². The summed E-state index contributed by atoms with van der Waals surface area (Å²) in [7, 11) is 1.32. The van der Waals surface area contributed by atoms with E-state index in [4.69, 9.17) is 9.47 Å². The molecule has 166 valence electrons. The van der Waals surface area contributed by atoms with Crippen molar-refractivity contribution >= 4 is 33.9 Å². The number of carbonyl (C=O) groups is 2. The number of anilines is 1. The maximum atomic E-state index is 12.5. The van der Waals surface area contributed by atoms with Gasteiger partial charge in [0.2, 0.25) is 0 Å². The number of fused-ring (bicyclic) bond motifs is 1. The lowest BCUT2D eigenvalue weighted by atomic mass is 9.72. The number of nitrogens with one attached hydrogen (secondary N) is 1. The number of rotatable bonds is 6. The van der Waals surface area contributed by atoms with Gasteiger partial charge in [0.15, 0.2) is 12.4 Å². The molecule has 0 spiro atoms. The number of hydrogen-bond acceptors (Lipinski definition) is 7. The summed E-state index contributed by atoms with van der Waals surface area (Å²) in [6.07, 6.45) is 2.56. The van der Waals surface area contributed by atoms with Gasteiger partial charge in [-0.15, -0.1) is 11.3 Å². The first-order valence-corrected chi connectivity index (χ1v) is 10.8. The molecule has 3 rings (SSSR count). The molecule has 0 unspecified atom stereocenters. The number of carbonyl (C=O) groups excluding carboxylic acids is 2.